The minimum absolute atomic E-state index is 0.332. The van der Waals surface area contributed by atoms with E-state index in [0.29, 0.717) is 19.1 Å². The average molecular weight is 333 g/mol. The maximum absolute atomic E-state index is 9.93. The number of thiophene rings is 1. The smallest absolute Gasteiger partial charge is 0.138 e. The number of nitrogens with one attached hydrogen (secondary N) is 1. The number of methoxy groups -OCH3 is 1. The molecule has 2 aromatic rings. The van der Waals surface area contributed by atoms with Crippen LogP contribution in [-0.2, 0) is 17.6 Å². The molecule has 1 fully saturated rings. The van der Waals surface area contributed by atoms with Crippen LogP contribution in [0.25, 0.3) is 10.2 Å². The average Bonchev–Trinajstić information content (AvgIpc) is 3.33. The number of rotatable bonds is 6. The van der Waals surface area contributed by atoms with Crippen molar-refractivity contribution in [3.63, 3.8) is 0 Å². The van der Waals surface area contributed by atoms with E-state index in [1.807, 2.05) is 11.3 Å². The van der Waals surface area contributed by atoms with Crippen LogP contribution in [0, 0.1) is 0 Å². The van der Waals surface area contributed by atoms with Gasteiger partial charge in [0.1, 0.15) is 16.5 Å². The van der Waals surface area contributed by atoms with Crippen LogP contribution in [0.2, 0.25) is 0 Å². The Kier molecular flexibility index (Phi) is 4.22. The highest BCUT2D eigenvalue weighted by molar-refractivity contribution is 7.19. The fraction of sp³-hybridized carbons (Fsp3) is 0.647. The van der Waals surface area contributed by atoms with Gasteiger partial charge in [0.15, 0.2) is 0 Å². The number of hydrogen-bond acceptors (Lipinski definition) is 6. The van der Waals surface area contributed by atoms with Crippen LogP contribution in [0.15, 0.2) is 0 Å². The Balaban J connectivity index is 1.71. The van der Waals surface area contributed by atoms with Crippen molar-refractivity contribution in [1.82, 2.24) is 9.97 Å². The van der Waals surface area contributed by atoms with E-state index < -0.39 is 6.10 Å². The quantitative estimate of drug-likeness (QED) is 0.851. The Hall–Kier alpha value is -1.24. The van der Waals surface area contributed by atoms with Gasteiger partial charge in [0.25, 0.3) is 0 Å². The second-order valence-corrected chi connectivity index (χ2v) is 7.67. The number of hydrogen-bond donors (Lipinski definition) is 2. The summed E-state index contributed by atoms with van der Waals surface area (Å²) in [5.74, 6) is 2.41. The summed E-state index contributed by atoms with van der Waals surface area (Å²) in [5.41, 5.74) is 1.43. The van der Waals surface area contributed by atoms with Crippen molar-refractivity contribution in [3.8, 4) is 0 Å². The number of aryl methyl sites for hydroxylation is 2. The molecule has 2 aliphatic rings. The number of anilines is 1. The zero-order chi connectivity index (χ0) is 15.8. The Morgan fingerprint density at radius 1 is 1.30 bits per heavy atom. The predicted octanol–water partition coefficient (Wildman–Crippen LogP) is 2.87. The van der Waals surface area contributed by atoms with Gasteiger partial charge in [-0.25, -0.2) is 9.97 Å². The van der Waals surface area contributed by atoms with Crippen LogP contribution in [0.5, 0.6) is 0 Å². The first-order chi connectivity index (χ1) is 11.3. The lowest BCUT2D eigenvalue weighted by Gasteiger charge is -2.15. The molecule has 0 aliphatic heterocycles. The summed E-state index contributed by atoms with van der Waals surface area (Å²) in [7, 11) is 1.60. The molecule has 124 valence electrons. The van der Waals surface area contributed by atoms with E-state index >= 15 is 0 Å². The highest BCUT2D eigenvalue weighted by Gasteiger charge is 2.29. The van der Waals surface area contributed by atoms with Crippen molar-refractivity contribution < 1.29 is 9.84 Å². The third-order valence-corrected chi connectivity index (χ3v) is 5.82. The van der Waals surface area contributed by atoms with Crippen molar-refractivity contribution in [3.05, 3.63) is 16.3 Å². The number of aliphatic hydroxyl groups is 1. The van der Waals surface area contributed by atoms with Gasteiger partial charge in [-0.1, -0.05) is 0 Å². The molecule has 0 amide bonds. The maximum atomic E-state index is 9.93. The summed E-state index contributed by atoms with van der Waals surface area (Å²) in [6, 6.07) is 0. The zero-order valence-corrected chi connectivity index (χ0v) is 14.3. The summed E-state index contributed by atoms with van der Waals surface area (Å²) in [4.78, 5) is 12.3. The molecule has 1 atom stereocenters. The first-order valence-electron chi connectivity index (χ1n) is 8.49. The lowest BCUT2D eigenvalue weighted by Crippen LogP contribution is -2.24. The molecule has 0 aromatic carbocycles. The SMILES string of the molecule is COC[C@H](O)CNc1nc(C2CC2)nc2sc3c(c12)CCCC3. The predicted molar refractivity (Wildman–Crippen MR) is 92.4 cm³/mol. The van der Waals surface area contributed by atoms with E-state index in [1.54, 1.807) is 7.11 Å². The van der Waals surface area contributed by atoms with Crippen molar-refractivity contribution in [2.75, 3.05) is 25.6 Å². The van der Waals surface area contributed by atoms with E-state index in [0.717, 1.165) is 22.9 Å². The highest BCUT2D eigenvalue weighted by Crippen LogP contribution is 2.43. The van der Waals surface area contributed by atoms with Gasteiger partial charge in [0, 0.05) is 24.4 Å². The minimum atomic E-state index is -0.524. The summed E-state index contributed by atoms with van der Waals surface area (Å²) in [6.07, 6.45) is 6.68. The molecule has 0 radical (unpaired) electrons. The van der Waals surface area contributed by atoms with Gasteiger partial charge < -0.3 is 15.2 Å². The molecule has 2 N–H and O–H groups in total. The highest BCUT2D eigenvalue weighted by atomic mass is 32.1. The van der Waals surface area contributed by atoms with E-state index in [-0.39, 0.29) is 0 Å². The lowest BCUT2D eigenvalue weighted by molar-refractivity contribution is 0.0727. The number of ether oxygens (including phenoxy) is 1. The van der Waals surface area contributed by atoms with Gasteiger partial charge in [0.2, 0.25) is 0 Å². The summed E-state index contributed by atoms with van der Waals surface area (Å²) in [6.45, 7) is 0.785. The molecule has 2 aromatic heterocycles. The second kappa shape index (κ2) is 6.34. The summed E-state index contributed by atoms with van der Waals surface area (Å²) < 4.78 is 5.01. The minimum Gasteiger partial charge on any atom is -0.389 e. The molecular formula is C17H23N3O2S. The molecule has 6 heteroatoms. The molecule has 23 heavy (non-hydrogen) atoms. The fourth-order valence-corrected chi connectivity index (χ4v) is 4.56. The Morgan fingerprint density at radius 3 is 2.91 bits per heavy atom. The van der Waals surface area contributed by atoms with Crippen LogP contribution >= 0.6 is 11.3 Å². The van der Waals surface area contributed by atoms with Gasteiger partial charge in [-0.3, -0.25) is 0 Å². The number of fused-ring (bicyclic) bond motifs is 3. The standard InChI is InChI=1S/C17H23N3O2S/c1-22-9-11(21)8-18-16-14-12-4-2-3-5-13(12)23-17(14)20-15(19-16)10-6-7-10/h10-11,21H,2-9H2,1H3,(H,18,19,20)/t11-/m1/s1. The van der Waals surface area contributed by atoms with Crippen LogP contribution in [-0.4, -0.2) is 41.4 Å². The molecule has 4 rings (SSSR count). The second-order valence-electron chi connectivity index (χ2n) is 6.59. The van der Waals surface area contributed by atoms with Crippen LogP contribution in [0.1, 0.15) is 47.9 Å². The lowest BCUT2D eigenvalue weighted by atomic mass is 9.97. The van der Waals surface area contributed by atoms with Crippen molar-refractivity contribution in [1.29, 1.82) is 0 Å². The van der Waals surface area contributed by atoms with Crippen LogP contribution in [0.3, 0.4) is 0 Å². The molecule has 5 nitrogen and oxygen atoms in total. The monoisotopic (exact) mass is 333 g/mol. The van der Waals surface area contributed by atoms with Crippen molar-refractivity contribution in [2.24, 2.45) is 0 Å². The topological polar surface area (TPSA) is 67.3 Å². The third-order valence-electron chi connectivity index (χ3n) is 4.64. The zero-order valence-electron chi connectivity index (χ0n) is 13.5. The first-order valence-corrected chi connectivity index (χ1v) is 9.31. The van der Waals surface area contributed by atoms with E-state index in [1.165, 1.54) is 47.9 Å². The normalized spacial score (nSPS) is 18.9. The molecule has 2 aliphatic carbocycles. The number of nitrogens with zero attached hydrogens (tertiary/aromatic N) is 2. The molecule has 0 saturated heterocycles. The Bertz CT molecular complexity index is 711. The third kappa shape index (κ3) is 3.07. The van der Waals surface area contributed by atoms with E-state index in [9.17, 15) is 5.11 Å². The summed E-state index contributed by atoms with van der Waals surface area (Å²) in [5, 5.41) is 14.5. The molecule has 0 spiro atoms. The van der Waals surface area contributed by atoms with Gasteiger partial charge in [-0.05, 0) is 44.1 Å². The van der Waals surface area contributed by atoms with Gasteiger partial charge in [-0.15, -0.1) is 11.3 Å². The fourth-order valence-electron chi connectivity index (χ4n) is 3.29. The van der Waals surface area contributed by atoms with E-state index in [4.69, 9.17) is 14.7 Å². The first kappa shape index (κ1) is 15.3. The molecule has 0 bridgehead atoms. The molecular weight excluding hydrogens is 310 g/mol. The van der Waals surface area contributed by atoms with E-state index in [2.05, 4.69) is 5.32 Å². The Labute approximate surface area is 140 Å². The molecule has 0 unspecified atom stereocenters. The van der Waals surface area contributed by atoms with Gasteiger partial charge in [-0.2, -0.15) is 0 Å². The summed E-state index contributed by atoms with van der Waals surface area (Å²) >= 11 is 1.84. The van der Waals surface area contributed by atoms with Crippen molar-refractivity contribution >= 4 is 27.4 Å². The maximum Gasteiger partial charge on any atom is 0.138 e. The van der Waals surface area contributed by atoms with Gasteiger partial charge >= 0.3 is 0 Å². The van der Waals surface area contributed by atoms with Crippen LogP contribution < -0.4 is 5.32 Å². The van der Waals surface area contributed by atoms with Crippen molar-refractivity contribution in [2.45, 2.75) is 50.5 Å². The Morgan fingerprint density at radius 2 is 2.13 bits per heavy atom. The molecule has 2 heterocycles. The number of aliphatic hydroxyl groups excluding tert-OH is 1. The van der Waals surface area contributed by atoms with Gasteiger partial charge in [0.05, 0.1) is 18.1 Å². The number of aromatic nitrogens is 2. The largest absolute Gasteiger partial charge is 0.389 e. The van der Waals surface area contributed by atoms with Crippen LogP contribution in [0.4, 0.5) is 5.82 Å². The molecule has 1 saturated carbocycles.